The minimum atomic E-state index is -3.89. The molecule has 3 N–H and O–H groups in total. The lowest BCUT2D eigenvalue weighted by molar-refractivity contribution is 0.102. The second kappa shape index (κ2) is 9.49. The molecule has 1 saturated carbocycles. The SMILES string of the molecule is CS(=O)(=O)n1c(=O)oc2ccc(NC(=O)c3ccc(NSCCO)cc3N3CCC4(CC3)CC4)cc21. The van der Waals surface area contributed by atoms with E-state index in [1.54, 1.807) is 12.1 Å². The summed E-state index contributed by atoms with van der Waals surface area (Å²) < 4.78 is 33.0. The summed E-state index contributed by atoms with van der Waals surface area (Å²) in [6.07, 6.45) is 5.68. The summed E-state index contributed by atoms with van der Waals surface area (Å²) in [6.45, 7) is 1.80. The van der Waals surface area contributed by atoms with Gasteiger partial charge in [-0.25, -0.2) is 13.2 Å². The summed E-state index contributed by atoms with van der Waals surface area (Å²) in [7, 11) is -3.89. The van der Waals surface area contributed by atoms with Crippen molar-refractivity contribution in [3.8, 4) is 0 Å². The molecule has 1 aliphatic carbocycles. The van der Waals surface area contributed by atoms with Gasteiger partial charge in [-0.15, -0.1) is 0 Å². The lowest BCUT2D eigenvalue weighted by Gasteiger charge is -2.35. The summed E-state index contributed by atoms with van der Waals surface area (Å²) in [5.74, 6) is -0.805. The fourth-order valence-electron chi connectivity index (χ4n) is 4.71. The molecule has 3 aromatic rings. The molecule has 1 spiro atoms. The predicted molar refractivity (Wildman–Crippen MR) is 141 cm³/mol. The van der Waals surface area contributed by atoms with Crippen molar-refractivity contribution in [3.05, 3.63) is 52.5 Å². The molecule has 12 heteroatoms. The molecule has 1 amide bonds. The monoisotopic (exact) mass is 532 g/mol. The Kier molecular flexibility index (Phi) is 6.52. The maximum atomic E-state index is 13.4. The molecule has 2 aromatic carbocycles. The first-order valence-corrected chi connectivity index (χ1v) is 14.6. The number of aromatic nitrogens is 1. The first-order valence-electron chi connectivity index (χ1n) is 11.7. The lowest BCUT2D eigenvalue weighted by Crippen LogP contribution is -2.35. The summed E-state index contributed by atoms with van der Waals surface area (Å²) in [6, 6.07) is 9.96. The van der Waals surface area contributed by atoms with E-state index in [0.29, 0.717) is 26.4 Å². The number of piperidine rings is 1. The van der Waals surface area contributed by atoms with Crippen molar-refractivity contribution in [2.24, 2.45) is 5.41 Å². The highest BCUT2D eigenvalue weighted by molar-refractivity contribution is 8.00. The van der Waals surface area contributed by atoms with Crippen LogP contribution in [0.5, 0.6) is 0 Å². The van der Waals surface area contributed by atoms with Crippen LogP contribution in [0.15, 0.2) is 45.6 Å². The Bertz CT molecular complexity index is 1470. The molecule has 0 atom stereocenters. The number of oxazole rings is 1. The van der Waals surface area contributed by atoms with Crippen LogP contribution in [-0.4, -0.2) is 55.1 Å². The molecule has 2 heterocycles. The molecule has 5 rings (SSSR count). The zero-order valence-electron chi connectivity index (χ0n) is 19.8. The van der Waals surface area contributed by atoms with Crippen LogP contribution in [0.4, 0.5) is 17.1 Å². The quantitative estimate of drug-likeness (QED) is 0.296. The van der Waals surface area contributed by atoms with E-state index in [1.807, 2.05) is 12.1 Å². The van der Waals surface area contributed by atoms with Gasteiger partial charge in [-0.1, -0.05) is 11.9 Å². The third-order valence-corrected chi connectivity index (χ3v) is 8.65. The number of amides is 1. The van der Waals surface area contributed by atoms with Crippen LogP contribution in [0.2, 0.25) is 0 Å². The van der Waals surface area contributed by atoms with E-state index in [1.165, 1.54) is 36.9 Å². The smallest absolute Gasteiger partial charge is 0.407 e. The Morgan fingerprint density at radius 2 is 1.83 bits per heavy atom. The standard InChI is InChI=1S/C24H28N4O6S2/c1-36(32,33)28-20-14-16(3-5-21(20)34-23(28)31)25-22(30)18-4-2-17(26-35-13-12-29)15-19(18)27-10-8-24(6-7-24)9-11-27/h2-5,14-15,26,29H,6-13H2,1H3,(H,25,30). The number of anilines is 3. The van der Waals surface area contributed by atoms with Gasteiger partial charge in [0.05, 0.1) is 24.1 Å². The molecule has 1 aromatic heterocycles. The van der Waals surface area contributed by atoms with Gasteiger partial charge in [0.1, 0.15) is 5.52 Å². The topological polar surface area (TPSA) is 134 Å². The third kappa shape index (κ3) is 4.97. The van der Waals surface area contributed by atoms with Gasteiger partial charge in [0.25, 0.3) is 5.91 Å². The first-order chi connectivity index (χ1) is 17.2. The molecule has 10 nitrogen and oxygen atoms in total. The van der Waals surface area contributed by atoms with E-state index in [0.717, 1.165) is 43.6 Å². The molecule has 0 bridgehead atoms. The normalized spacial score (nSPS) is 16.9. The second-order valence-electron chi connectivity index (χ2n) is 9.43. The van der Waals surface area contributed by atoms with Crippen LogP contribution in [0.3, 0.4) is 0 Å². The summed E-state index contributed by atoms with van der Waals surface area (Å²) in [4.78, 5) is 27.7. The Morgan fingerprint density at radius 1 is 1.11 bits per heavy atom. The highest BCUT2D eigenvalue weighted by Crippen LogP contribution is 2.54. The van der Waals surface area contributed by atoms with Crippen molar-refractivity contribution >= 4 is 56.0 Å². The number of carbonyl (C=O) groups is 1. The van der Waals surface area contributed by atoms with E-state index < -0.39 is 15.8 Å². The molecule has 1 aliphatic heterocycles. The number of hydrogen-bond acceptors (Lipinski definition) is 9. The fraction of sp³-hybridized carbons (Fsp3) is 0.417. The van der Waals surface area contributed by atoms with Gasteiger partial charge in [-0.3, -0.25) is 4.79 Å². The van der Waals surface area contributed by atoms with Gasteiger partial charge in [0.2, 0.25) is 10.0 Å². The van der Waals surface area contributed by atoms with Crippen LogP contribution < -0.4 is 20.7 Å². The van der Waals surface area contributed by atoms with Crippen molar-refractivity contribution in [2.75, 3.05) is 46.6 Å². The van der Waals surface area contributed by atoms with Crippen molar-refractivity contribution in [3.63, 3.8) is 0 Å². The van der Waals surface area contributed by atoms with Crippen molar-refractivity contribution < 1.29 is 22.7 Å². The van der Waals surface area contributed by atoms with Crippen molar-refractivity contribution in [1.82, 2.24) is 3.97 Å². The number of nitrogens with zero attached hydrogens (tertiary/aromatic N) is 2. The largest absolute Gasteiger partial charge is 0.434 e. The Labute approximate surface area is 212 Å². The van der Waals surface area contributed by atoms with E-state index in [4.69, 9.17) is 9.52 Å². The minimum absolute atomic E-state index is 0.0618. The Morgan fingerprint density at radius 3 is 2.50 bits per heavy atom. The predicted octanol–water partition coefficient (Wildman–Crippen LogP) is 3.09. The third-order valence-electron chi connectivity index (χ3n) is 6.88. The van der Waals surface area contributed by atoms with Crippen LogP contribution >= 0.6 is 11.9 Å². The number of rotatable bonds is 8. The minimum Gasteiger partial charge on any atom is -0.407 e. The Hall–Kier alpha value is -2.96. The molecule has 2 fully saturated rings. The van der Waals surface area contributed by atoms with Gasteiger partial charge in [0.15, 0.2) is 5.58 Å². The first kappa shape index (κ1) is 24.7. The zero-order chi connectivity index (χ0) is 25.5. The second-order valence-corrected chi connectivity index (χ2v) is 12.2. The molecule has 192 valence electrons. The number of aliphatic hydroxyl groups is 1. The van der Waals surface area contributed by atoms with Gasteiger partial charge in [0, 0.05) is 30.2 Å². The van der Waals surface area contributed by atoms with E-state index in [2.05, 4.69) is 14.9 Å². The van der Waals surface area contributed by atoms with Crippen molar-refractivity contribution in [1.29, 1.82) is 0 Å². The average Bonchev–Trinajstić information content (AvgIpc) is 3.49. The molecule has 36 heavy (non-hydrogen) atoms. The van der Waals surface area contributed by atoms with E-state index in [-0.39, 0.29) is 23.6 Å². The summed E-state index contributed by atoms with van der Waals surface area (Å²) in [5, 5.41) is 11.9. The van der Waals surface area contributed by atoms with Crippen LogP contribution in [-0.2, 0) is 10.0 Å². The molecular formula is C24H28N4O6S2. The number of nitrogens with one attached hydrogen (secondary N) is 2. The molecule has 0 unspecified atom stereocenters. The van der Waals surface area contributed by atoms with Crippen LogP contribution in [0, 0.1) is 5.41 Å². The van der Waals surface area contributed by atoms with Gasteiger partial charge >= 0.3 is 5.76 Å². The van der Waals surface area contributed by atoms with E-state index >= 15 is 0 Å². The lowest BCUT2D eigenvalue weighted by atomic mass is 9.93. The van der Waals surface area contributed by atoms with Crippen molar-refractivity contribution in [2.45, 2.75) is 25.7 Å². The van der Waals surface area contributed by atoms with Crippen LogP contribution in [0.1, 0.15) is 36.0 Å². The summed E-state index contributed by atoms with van der Waals surface area (Å²) in [5.41, 5.74) is 3.15. The molecule has 1 saturated heterocycles. The number of hydrogen-bond donors (Lipinski definition) is 3. The van der Waals surface area contributed by atoms with Gasteiger partial charge in [-0.2, -0.15) is 3.97 Å². The maximum absolute atomic E-state index is 13.4. The van der Waals surface area contributed by atoms with Gasteiger partial charge < -0.3 is 24.5 Å². The van der Waals surface area contributed by atoms with Crippen LogP contribution in [0.25, 0.3) is 11.1 Å². The Balaban J connectivity index is 1.44. The molecular weight excluding hydrogens is 504 g/mol. The number of aliphatic hydroxyl groups excluding tert-OH is 1. The average molecular weight is 533 g/mol. The zero-order valence-corrected chi connectivity index (χ0v) is 21.5. The molecule has 0 radical (unpaired) electrons. The maximum Gasteiger partial charge on any atom is 0.434 e. The number of carbonyl (C=O) groups excluding carboxylic acids is 1. The fourth-order valence-corrected chi connectivity index (χ4v) is 6.01. The molecule has 2 aliphatic rings. The highest BCUT2D eigenvalue weighted by Gasteiger charge is 2.44. The number of fused-ring (bicyclic) bond motifs is 1. The highest BCUT2D eigenvalue weighted by atomic mass is 32.2. The van der Waals surface area contributed by atoms with E-state index in [9.17, 15) is 18.0 Å². The number of benzene rings is 2. The summed E-state index contributed by atoms with van der Waals surface area (Å²) >= 11 is 1.39. The van der Waals surface area contributed by atoms with Gasteiger partial charge in [-0.05, 0) is 67.5 Å².